The zero-order valence-electron chi connectivity index (χ0n) is 31.6. The molecule has 0 radical (unpaired) electrons. The van der Waals surface area contributed by atoms with Crippen LogP contribution in [0.1, 0.15) is 43.7 Å². The molecule has 0 saturated heterocycles. The molecule has 0 amide bonds. The number of para-hydroxylation sites is 2. The molecule has 0 N–H and O–H groups in total. The van der Waals surface area contributed by atoms with E-state index < -0.39 is 0 Å². The van der Waals surface area contributed by atoms with Crippen molar-refractivity contribution in [2.75, 3.05) is 0 Å². The molecular formula is C53H40N2OS. The third kappa shape index (κ3) is 5.42. The van der Waals surface area contributed by atoms with Crippen LogP contribution in [-0.4, -0.2) is 16.4 Å². The maximum absolute atomic E-state index is 6.54. The number of fused-ring (bicyclic) bond motifs is 8. The number of ether oxygens (including phenoxy) is 1. The van der Waals surface area contributed by atoms with E-state index >= 15 is 0 Å². The van der Waals surface area contributed by atoms with Crippen LogP contribution in [0.15, 0.2) is 197 Å². The fraction of sp³-hybridized carbons (Fsp3) is 0.151. The number of thiophene rings is 1. The van der Waals surface area contributed by atoms with Crippen molar-refractivity contribution < 1.29 is 4.74 Å². The van der Waals surface area contributed by atoms with Crippen molar-refractivity contribution in [2.24, 2.45) is 10.9 Å². The number of allylic oxidation sites excluding steroid dienone is 9. The van der Waals surface area contributed by atoms with Gasteiger partial charge in [0.15, 0.2) is 0 Å². The van der Waals surface area contributed by atoms with Gasteiger partial charge in [0.2, 0.25) is 0 Å². The van der Waals surface area contributed by atoms with Gasteiger partial charge < -0.3 is 9.30 Å². The van der Waals surface area contributed by atoms with Crippen molar-refractivity contribution in [3.8, 4) is 16.8 Å². The minimum Gasteiger partial charge on any atom is -0.485 e. The molecule has 5 aliphatic rings. The Morgan fingerprint density at radius 1 is 0.684 bits per heavy atom. The van der Waals surface area contributed by atoms with Gasteiger partial charge in [0.1, 0.15) is 11.9 Å². The molecule has 4 heterocycles. The predicted octanol–water partition coefficient (Wildman–Crippen LogP) is 14.0. The first-order valence-corrected chi connectivity index (χ1v) is 21.2. The first-order valence-electron chi connectivity index (χ1n) is 20.4. The summed E-state index contributed by atoms with van der Waals surface area (Å²) in [6.45, 7) is 0. The number of dihydropyridines is 1. The number of hydrogen-bond donors (Lipinski definition) is 0. The number of rotatable bonds is 5. The molecular weight excluding hydrogens is 713 g/mol. The van der Waals surface area contributed by atoms with Gasteiger partial charge >= 0.3 is 0 Å². The minimum atomic E-state index is -0.00682. The Morgan fingerprint density at radius 3 is 2.44 bits per heavy atom. The molecule has 0 spiro atoms. The van der Waals surface area contributed by atoms with Gasteiger partial charge in [-0.2, -0.15) is 0 Å². The molecule has 7 aromatic rings. The molecule has 3 unspecified atom stereocenters. The molecule has 3 atom stereocenters. The van der Waals surface area contributed by atoms with Crippen LogP contribution >= 0.6 is 11.3 Å². The topological polar surface area (TPSA) is 26.5 Å². The lowest BCUT2D eigenvalue weighted by atomic mass is 9.81. The Hall–Kier alpha value is -6.23. The lowest BCUT2D eigenvalue weighted by Crippen LogP contribution is -2.19. The Labute approximate surface area is 336 Å². The number of aliphatic imine (C=N–C) groups is 1. The van der Waals surface area contributed by atoms with Crippen molar-refractivity contribution in [1.82, 2.24) is 4.57 Å². The molecule has 5 aromatic carbocycles. The highest BCUT2D eigenvalue weighted by atomic mass is 32.1. The van der Waals surface area contributed by atoms with Crippen LogP contribution in [0.5, 0.6) is 0 Å². The zero-order valence-corrected chi connectivity index (χ0v) is 32.4. The molecule has 0 fully saturated rings. The molecule has 3 aliphatic carbocycles. The Balaban J connectivity index is 0.958. The van der Waals surface area contributed by atoms with Crippen LogP contribution < -0.4 is 0 Å². The normalized spacial score (nSPS) is 21.4. The second-order valence-electron chi connectivity index (χ2n) is 15.9. The van der Waals surface area contributed by atoms with E-state index in [0.29, 0.717) is 5.92 Å². The fourth-order valence-corrected chi connectivity index (χ4v) is 11.0. The lowest BCUT2D eigenvalue weighted by Gasteiger charge is -2.27. The van der Waals surface area contributed by atoms with E-state index in [9.17, 15) is 0 Å². The summed E-state index contributed by atoms with van der Waals surface area (Å²) >= 11 is 1.89. The van der Waals surface area contributed by atoms with Gasteiger partial charge in [0, 0.05) is 42.6 Å². The lowest BCUT2D eigenvalue weighted by molar-refractivity contribution is 0.173. The molecule has 4 heteroatoms. The van der Waals surface area contributed by atoms with Gasteiger partial charge in [-0.15, -0.1) is 11.3 Å². The minimum absolute atomic E-state index is 0.00682. The van der Waals surface area contributed by atoms with Crippen LogP contribution in [0.4, 0.5) is 0 Å². The Morgan fingerprint density at radius 2 is 1.53 bits per heavy atom. The third-order valence-corrected chi connectivity index (χ3v) is 13.7. The van der Waals surface area contributed by atoms with Crippen molar-refractivity contribution >= 4 is 59.0 Å². The monoisotopic (exact) mass is 752 g/mol. The first-order chi connectivity index (χ1) is 28.2. The highest BCUT2D eigenvalue weighted by Gasteiger charge is 2.36. The van der Waals surface area contributed by atoms with Crippen molar-refractivity contribution in [1.29, 1.82) is 0 Å². The fourth-order valence-electron chi connectivity index (χ4n) is 9.88. The van der Waals surface area contributed by atoms with E-state index in [0.717, 1.165) is 43.6 Å². The van der Waals surface area contributed by atoms with E-state index in [1.54, 1.807) is 0 Å². The second-order valence-corrected chi connectivity index (χ2v) is 17.0. The van der Waals surface area contributed by atoms with Crippen molar-refractivity contribution in [2.45, 2.75) is 44.2 Å². The maximum Gasteiger partial charge on any atom is 0.128 e. The highest BCUT2D eigenvalue weighted by molar-refractivity contribution is 7.25. The molecule has 274 valence electrons. The van der Waals surface area contributed by atoms with Crippen molar-refractivity contribution in [3.05, 3.63) is 197 Å². The summed E-state index contributed by atoms with van der Waals surface area (Å²) in [5, 5.41) is 5.18. The number of nitrogens with zero attached hydrogens (tertiary/aromatic N) is 2. The molecule has 2 aliphatic heterocycles. The van der Waals surface area contributed by atoms with Crippen LogP contribution in [-0.2, 0) is 4.74 Å². The SMILES string of the molecule is C1=CC(C2=NC(c3cccc4sc5ccc(-c6ccc7c(c6)c6ccccc6n7-c6ccccc6)cc5c34)CC(C3=CC4OC5=C(CCC=C5)C4C=C3)=C2)=CCC1. The van der Waals surface area contributed by atoms with Gasteiger partial charge in [0.05, 0.1) is 22.8 Å². The number of benzene rings is 5. The predicted molar refractivity (Wildman–Crippen MR) is 239 cm³/mol. The van der Waals surface area contributed by atoms with Crippen LogP contribution in [0, 0.1) is 5.92 Å². The van der Waals surface area contributed by atoms with Crippen LogP contribution in [0.25, 0.3) is 58.8 Å². The van der Waals surface area contributed by atoms with Gasteiger partial charge in [-0.1, -0.05) is 97.1 Å². The molecule has 0 bridgehead atoms. The van der Waals surface area contributed by atoms with Crippen LogP contribution in [0.3, 0.4) is 0 Å². The standard InChI is InChI=1S/C53H40N2OS/c1-3-12-33(13-4-1)45-30-37(36-22-25-41-40-17-8-10-20-49(40)56-50(41)32-36)31-46(54-45)42-18-11-21-52-53(42)44-29-35(24-27-51(44)57-52)34-23-26-48-43(28-34)39-16-7-9-19-47(39)55(48)38-14-5-2-6-15-38/h2-3,5-7,9-16,18-30,32,41,46,50H,1,4,8,17,31H2. The zero-order chi connectivity index (χ0) is 37.5. The van der Waals surface area contributed by atoms with Gasteiger partial charge in [-0.25, -0.2) is 0 Å². The van der Waals surface area contributed by atoms with Crippen LogP contribution in [0.2, 0.25) is 0 Å². The number of aromatic nitrogens is 1. The second kappa shape index (κ2) is 13.2. The van der Waals surface area contributed by atoms with Gasteiger partial charge in [0.25, 0.3) is 0 Å². The summed E-state index contributed by atoms with van der Waals surface area (Å²) in [5.74, 6) is 1.43. The largest absolute Gasteiger partial charge is 0.485 e. The summed E-state index contributed by atoms with van der Waals surface area (Å²) in [5.41, 5.74) is 13.8. The van der Waals surface area contributed by atoms with E-state index in [1.165, 1.54) is 86.6 Å². The van der Waals surface area contributed by atoms with Gasteiger partial charge in [-0.05, 0) is 138 Å². The van der Waals surface area contributed by atoms with E-state index in [1.807, 2.05) is 11.3 Å². The van der Waals surface area contributed by atoms with E-state index in [-0.39, 0.29) is 12.1 Å². The summed E-state index contributed by atoms with van der Waals surface area (Å²) in [6.07, 6.45) is 26.1. The summed E-state index contributed by atoms with van der Waals surface area (Å²) in [4.78, 5) is 5.58. The summed E-state index contributed by atoms with van der Waals surface area (Å²) < 4.78 is 11.5. The quantitative estimate of drug-likeness (QED) is 0.172. The highest BCUT2D eigenvalue weighted by Crippen LogP contribution is 2.46. The van der Waals surface area contributed by atoms with E-state index in [4.69, 9.17) is 9.73 Å². The molecule has 2 aromatic heterocycles. The molecule has 57 heavy (non-hydrogen) atoms. The van der Waals surface area contributed by atoms with Crippen molar-refractivity contribution in [3.63, 3.8) is 0 Å². The molecule has 0 saturated carbocycles. The first kappa shape index (κ1) is 33.0. The summed E-state index contributed by atoms with van der Waals surface area (Å²) in [6, 6.07) is 40.4. The molecule has 3 nitrogen and oxygen atoms in total. The summed E-state index contributed by atoms with van der Waals surface area (Å²) in [7, 11) is 0. The smallest absolute Gasteiger partial charge is 0.128 e. The average Bonchev–Trinajstić information content (AvgIpc) is 3.95. The number of hydrogen-bond acceptors (Lipinski definition) is 3. The molecule has 12 rings (SSSR count). The Bertz CT molecular complexity index is 3080. The third-order valence-electron chi connectivity index (χ3n) is 12.6. The maximum atomic E-state index is 6.54. The van der Waals surface area contributed by atoms with Gasteiger partial charge in [-0.3, -0.25) is 4.99 Å². The Kier molecular flexibility index (Phi) is 7.62. The average molecular weight is 753 g/mol. The van der Waals surface area contributed by atoms with E-state index in [2.05, 4.69) is 168 Å².